The van der Waals surface area contributed by atoms with Crippen molar-refractivity contribution in [2.45, 2.75) is 12.9 Å². The van der Waals surface area contributed by atoms with Gasteiger partial charge in [-0.05, 0) is 66.3 Å². The van der Waals surface area contributed by atoms with Crippen LogP contribution < -0.4 is 15.0 Å². The predicted molar refractivity (Wildman–Crippen MR) is 128 cm³/mol. The van der Waals surface area contributed by atoms with Crippen LogP contribution in [0.5, 0.6) is 5.75 Å². The fourth-order valence-corrected chi connectivity index (χ4v) is 3.34. The van der Waals surface area contributed by atoms with Gasteiger partial charge in [0.1, 0.15) is 12.1 Å². The molecule has 0 atom stereocenters. The highest BCUT2D eigenvalue weighted by molar-refractivity contribution is 7.80. The molecule has 0 fully saturated rings. The van der Waals surface area contributed by atoms with E-state index in [1.165, 1.54) is 35.3 Å². The SMILES string of the molecule is CN(C(=S)NCc1ccccc1)c1ccc(-c2ncn(-c3ccc(OC(F)(F)F)cc3)n2)cc1. The number of ether oxygens (including phenoxy) is 1. The zero-order valence-corrected chi connectivity index (χ0v) is 18.8. The molecule has 0 aliphatic rings. The van der Waals surface area contributed by atoms with Gasteiger partial charge in [-0.25, -0.2) is 9.67 Å². The summed E-state index contributed by atoms with van der Waals surface area (Å²) in [5.74, 6) is 0.182. The molecule has 0 aliphatic heterocycles. The summed E-state index contributed by atoms with van der Waals surface area (Å²) < 4.78 is 42.3. The fourth-order valence-electron chi connectivity index (χ4n) is 3.16. The van der Waals surface area contributed by atoms with Gasteiger partial charge in [-0.3, -0.25) is 0 Å². The van der Waals surface area contributed by atoms with E-state index in [0.29, 0.717) is 23.2 Å². The van der Waals surface area contributed by atoms with Crippen molar-refractivity contribution in [2.24, 2.45) is 0 Å². The number of anilines is 1. The van der Waals surface area contributed by atoms with Crippen LogP contribution in [0.25, 0.3) is 17.1 Å². The van der Waals surface area contributed by atoms with Crippen molar-refractivity contribution < 1.29 is 17.9 Å². The Labute approximate surface area is 199 Å². The predicted octanol–water partition coefficient (Wildman–Crippen LogP) is 5.34. The lowest BCUT2D eigenvalue weighted by molar-refractivity contribution is -0.274. The monoisotopic (exact) mass is 483 g/mol. The highest BCUT2D eigenvalue weighted by Crippen LogP contribution is 2.24. The van der Waals surface area contributed by atoms with Crippen LogP contribution in [-0.2, 0) is 6.54 Å². The molecular formula is C24H20F3N5OS. The summed E-state index contributed by atoms with van der Waals surface area (Å²) in [6.07, 6.45) is -3.23. The molecular weight excluding hydrogens is 463 g/mol. The number of nitrogens with one attached hydrogen (secondary N) is 1. The largest absolute Gasteiger partial charge is 0.573 e. The van der Waals surface area contributed by atoms with E-state index in [0.717, 1.165) is 16.8 Å². The van der Waals surface area contributed by atoms with Crippen LogP contribution in [0.1, 0.15) is 5.56 Å². The Bertz CT molecular complexity index is 1240. The van der Waals surface area contributed by atoms with Crippen molar-refractivity contribution in [3.63, 3.8) is 0 Å². The Morgan fingerprint density at radius 1 is 1.00 bits per heavy atom. The second-order valence-corrected chi connectivity index (χ2v) is 7.69. The Balaban J connectivity index is 1.40. The van der Waals surface area contributed by atoms with E-state index >= 15 is 0 Å². The summed E-state index contributed by atoms with van der Waals surface area (Å²) in [7, 11) is 1.88. The van der Waals surface area contributed by atoms with Crippen LogP contribution in [0.15, 0.2) is 85.2 Å². The second kappa shape index (κ2) is 9.92. The van der Waals surface area contributed by atoms with Crippen LogP contribution in [0.4, 0.5) is 18.9 Å². The molecule has 4 aromatic rings. The maximum absolute atomic E-state index is 12.3. The van der Waals surface area contributed by atoms with Gasteiger partial charge in [-0.15, -0.1) is 18.3 Å². The first kappa shape index (κ1) is 23.2. The summed E-state index contributed by atoms with van der Waals surface area (Å²) in [5, 5.41) is 8.25. The van der Waals surface area contributed by atoms with Crippen molar-refractivity contribution in [1.29, 1.82) is 0 Å². The van der Waals surface area contributed by atoms with Gasteiger partial charge in [0.15, 0.2) is 10.9 Å². The first-order valence-corrected chi connectivity index (χ1v) is 10.6. The number of rotatable bonds is 6. The van der Waals surface area contributed by atoms with Crippen LogP contribution >= 0.6 is 12.2 Å². The van der Waals surface area contributed by atoms with Gasteiger partial charge in [-0.1, -0.05) is 30.3 Å². The zero-order valence-electron chi connectivity index (χ0n) is 18.0. The van der Waals surface area contributed by atoms with Gasteiger partial charge in [0, 0.05) is 24.8 Å². The fraction of sp³-hybridized carbons (Fsp3) is 0.125. The van der Waals surface area contributed by atoms with Crippen molar-refractivity contribution in [2.75, 3.05) is 11.9 Å². The van der Waals surface area contributed by atoms with Crippen LogP contribution in [0.2, 0.25) is 0 Å². The first-order valence-electron chi connectivity index (χ1n) is 10.2. The van der Waals surface area contributed by atoms with E-state index in [4.69, 9.17) is 12.2 Å². The Hall–Kier alpha value is -3.92. The van der Waals surface area contributed by atoms with Crippen molar-refractivity contribution in [3.8, 4) is 22.8 Å². The van der Waals surface area contributed by atoms with Gasteiger partial charge in [0.2, 0.25) is 0 Å². The molecule has 10 heteroatoms. The van der Waals surface area contributed by atoms with E-state index < -0.39 is 6.36 Å². The number of thiocarbonyl (C=S) groups is 1. The Morgan fingerprint density at radius 3 is 2.32 bits per heavy atom. The van der Waals surface area contributed by atoms with Crippen molar-refractivity contribution >= 4 is 23.0 Å². The lowest BCUT2D eigenvalue weighted by Gasteiger charge is -2.21. The molecule has 34 heavy (non-hydrogen) atoms. The molecule has 0 aliphatic carbocycles. The average molecular weight is 484 g/mol. The third-order valence-corrected chi connectivity index (χ3v) is 5.35. The maximum atomic E-state index is 12.3. The Morgan fingerprint density at radius 2 is 1.68 bits per heavy atom. The number of hydrogen-bond acceptors (Lipinski definition) is 4. The van der Waals surface area contributed by atoms with E-state index in [9.17, 15) is 13.2 Å². The van der Waals surface area contributed by atoms with Crippen LogP contribution in [-0.4, -0.2) is 33.3 Å². The second-order valence-electron chi connectivity index (χ2n) is 7.30. The number of alkyl halides is 3. The molecule has 1 N–H and O–H groups in total. The number of benzene rings is 3. The van der Waals surface area contributed by atoms with Gasteiger partial charge < -0.3 is 15.0 Å². The van der Waals surface area contributed by atoms with Gasteiger partial charge >= 0.3 is 6.36 Å². The molecule has 0 unspecified atom stereocenters. The molecule has 4 rings (SSSR count). The molecule has 0 radical (unpaired) electrons. The number of nitrogens with zero attached hydrogens (tertiary/aromatic N) is 4. The minimum Gasteiger partial charge on any atom is -0.406 e. The van der Waals surface area contributed by atoms with E-state index in [-0.39, 0.29) is 5.75 Å². The molecule has 174 valence electrons. The van der Waals surface area contributed by atoms with Gasteiger partial charge in [-0.2, -0.15) is 0 Å². The third kappa shape index (κ3) is 5.90. The quantitative estimate of drug-likeness (QED) is 0.374. The molecule has 0 spiro atoms. The smallest absolute Gasteiger partial charge is 0.406 e. The first-order chi connectivity index (χ1) is 16.3. The van der Waals surface area contributed by atoms with Gasteiger partial charge in [0.25, 0.3) is 0 Å². The summed E-state index contributed by atoms with van der Waals surface area (Å²) in [5.41, 5.74) is 3.38. The summed E-state index contributed by atoms with van der Waals surface area (Å²) in [6.45, 7) is 0.632. The molecule has 1 heterocycles. The van der Waals surface area contributed by atoms with Crippen LogP contribution in [0, 0.1) is 0 Å². The van der Waals surface area contributed by atoms with E-state index in [1.807, 2.05) is 66.5 Å². The van der Waals surface area contributed by atoms with E-state index in [1.54, 1.807) is 0 Å². The summed E-state index contributed by atoms with van der Waals surface area (Å²) in [4.78, 5) is 6.18. The minimum absolute atomic E-state index is 0.299. The van der Waals surface area contributed by atoms with Crippen molar-refractivity contribution in [3.05, 3.63) is 90.8 Å². The van der Waals surface area contributed by atoms with Crippen molar-refractivity contribution in [1.82, 2.24) is 20.1 Å². The number of hydrogen-bond donors (Lipinski definition) is 1. The minimum atomic E-state index is -4.73. The topological polar surface area (TPSA) is 55.2 Å². The van der Waals surface area contributed by atoms with Crippen LogP contribution in [0.3, 0.4) is 0 Å². The van der Waals surface area contributed by atoms with Gasteiger partial charge in [0.05, 0.1) is 5.69 Å². The maximum Gasteiger partial charge on any atom is 0.573 e. The summed E-state index contributed by atoms with van der Waals surface area (Å²) >= 11 is 5.50. The molecule has 3 aromatic carbocycles. The highest BCUT2D eigenvalue weighted by Gasteiger charge is 2.31. The molecule has 1 aromatic heterocycles. The molecule has 0 saturated heterocycles. The third-order valence-electron chi connectivity index (χ3n) is 4.93. The summed E-state index contributed by atoms with van der Waals surface area (Å²) in [6, 6.07) is 23.0. The molecule has 6 nitrogen and oxygen atoms in total. The lowest BCUT2D eigenvalue weighted by Crippen LogP contribution is -2.36. The molecule has 0 amide bonds. The Kier molecular flexibility index (Phi) is 6.78. The average Bonchev–Trinajstić information content (AvgIpc) is 3.33. The van der Waals surface area contributed by atoms with E-state index in [2.05, 4.69) is 20.1 Å². The molecule has 0 bridgehead atoms. The number of aromatic nitrogens is 3. The lowest BCUT2D eigenvalue weighted by atomic mass is 10.2. The highest BCUT2D eigenvalue weighted by atomic mass is 32.1. The standard InChI is InChI=1S/C24H20F3N5OS/c1-31(23(34)28-15-17-5-3-2-4-6-17)19-9-7-18(8-10-19)22-29-16-32(30-22)20-11-13-21(14-12-20)33-24(25,26)27/h2-14,16H,15H2,1H3,(H,28,34). The zero-order chi connectivity index (χ0) is 24.1. The normalized spacial score (nSPS) is 11.2. The molecule has 0 saturated carbocycles. The number of halogens is 3.